The van der Waals surface area contributed by atoms with E-state index >= 15 is 0 Å². The van der Waals surface area contributed by atoms with Crippen molar-refractivity contribution >= 4 is 5.97 Å². The van der Waals surface area contributed by atoms with Gasteiger partial charge in [-0.15, -0.1) is 0 Å². The molecule has 2 unspecified atom stereocenters. The predicted molar refractivity (Wildman–Crippen MR) is 31.9 cm³/mol. The van der Waals surface area contributed by atoms with Crippen LogP contribution in [0.25, 0.3) is 0 Å². The van der Waals surface area contributed by atoms with Gasteiger partial charge >= 0.3 is 5.97 Å². The summed E-state index contributed by atoms with van der Waals surface area (Å²) >= 11 is 0. The lowest BCUT2D eigenvalue weighted by Crippen LogP contribution is -2.39. The number of ether oxygens (including phenoxy) is 1. The molecule has 1 heterocycles. The van der Waals surface area contributed by atoms with Gasteiger partial charge in [-0.1, -0.05) is 6.92 Å². The number of aliphatic hydroxyl groups is 2. The van der Waals surface area contributed by atoms with Crippen molar-refractivity contribution in [3.8, 4) is 0 Å². The lowest BCUT2D eigenvalue weighted by molar-refractivity contribution is -0.197. The van der Waals surface area contributed by atoms with Gasteiger partial charge < -0.3 is 14.9 Å². The Morgan fingerprint density at radius 2 is 2.00 bits per heavy atom. The van der Waals surface area contributed by atoms with E-state index in [0.29, 0.717) is 0 Å². The number of carbonyl (C=O) groups is 1. The fourth-order valence-corrected chi connectivity index (χ4v) is 0.871. The maximum Gasteiger partial charge on any atom is 0.367 e. The van der Waals surface area contributed by atoms with Gasteiger partial charge in [0, 0.05) is 0 Å². The van der Waals surface area contributed by atoms with Crippen LogP contribution in [0.3, 0.4) is 0 Å². The number of cyclic esters (lactones) is 1. The van der Waals surface area contributed by atoms with E-state index in [1.165, 1.54) is 0 Å². The number of carbonyl (C=O) groups excluding carboxylic acids is 1. The van der Waals surface area contributed by atoms with Crippen molar-refractivity contribution in [2.24, 2.45) is 5.92 Å². The summed E-state index contributed by atoms with van der Waals surface area (Å²) in [6.07, 6.45) is -0.414. The van der Waals surface area contributed by atoms with Crippen LogP contribution in [0, 0.1) is 5.92 Å². The predicted octanol–water partition coefficient (Wildman–Crippen LogP) is -0.751. The minimum atomic E-state index is -2.28. The number of hydrogen-bond acceptors (Lipinski definition) is 4. The lowest BCUT2D eigenvalue weighted by atomic mass is 9.99. The largest absolute Gasteiger partial charge is 0.458 e. The number of hydrogen-bond donors (Lipinski definition) is 2. The summed E-state index contributed by atoms with van der Waals surface area (Å²) in [5.41, 5.74) is 0. The van der Waals surface area contributed by atoms with E-state index < -0.39 is 23.8 Å². The molecule has 2 atom stereocenters. The third-order valence-electron chi connectivity index (χ3n) is 1.93. The SMILES string of the molecule is CC1OC(=O)C(O)(O)C1C. The molecule has 0 aromatic carbocycles. The first-order valence-electron chi connectivity index (χ1n) is 3.12. The van der Waals surface area contributed by atoms with Gasteiger partial charge in [-0.05, 0) is 6.92 Å². The van der Waals surface area contributed by atoms with E-state index in [1.807, 2.05) is 0 Å². The molecule has 58 valence electrons. The third kappa shape index (κ3) is 0.803. The van der Waals surface area contributed by atoms with Crippen LogP contribution in [0.15, 0.2) is 0 Å². The molecule has 10 heavy (non-hydrogen) atoms. The summed E-state index contributed by atoms with van der Waals surface area (Å²) in [5.74, 6) is -3.79. The molecule has 4 heteroatoms. The van der Waals surface area contributed by atoms with Crippen LogP contribution in [-0.4, -0.2) is 28.1 Å². The Kier molecular flexibility index (Phi) is 1.45. The Hall–Kier alpha value is -0.610. The minimum Gasteiger partial charge on any atom is -0.458 e. The normalized spacial score (nSPS) is 37.8. The lowest BCUT2D eigenvalue weighted by Gasteiger charge is -2.15. The van der Waals surface area contributed by atoms with Crippen molar-refractivity contribution in [1.82, 2.24) is 0 Å². The first-order chi connectivity index (χ1) is 4.46. The second kappa shape index (κ2) is 1.93. The van der Waals surface area contributed by atoms with Gasteiger partial charge in [-0.25, -0.2) is 4.79 Å². The first kappa shape index (κ1) is 7.50. The van der Waals surface area contributed by atoms with Crippen LogP contribution in [0.1, 0.15) is 13.8 Å². The van der Waals surface area contributed by atoms with Gasteiger partial charge in [0.2, 0.25) is 0 Å². The minimum absolute atomic E-state index is 0.414. The molecule has 0 saturated carbocycles. The van der Waals surface area contributed by atoms with Crippen LogP contribution >= 0.6 is 0 Å². The Labute approximate surface area is 58.4 Å². The van der Waals surface area contributed by atoms with E-state index in [2.05, 4.69) is 4.74 Å². The van der Waals surface area contributed by atoms with Crippen molar-refractivity contribution in [3.63, 3.8) is 0 Å². The van der Waals surface area contributed by atoms with E-state index in [4.69, 9.17) is 10.2 Å². The van der Waals surface area contributed by atoms with Gasteiger partial charge in [0.1, 0.15) is 6.10 Å². The molecule has 1 saturated heterocycles. The molecule has 2 N–H and O–H groups in total. The van der Waals surface area contributed by atoms with Crippen molar-refractivity contribution in [3.05, 3.63) is 0 Å². The number of rotatable bonds is 0. The fourth-order valence-electron chi connectivity index (χ4n) is 0.871. The Morgan fingerprint density at radius 3 is 2.10 bits per heavy atom. The van der Waals surface area contributed by atoms with Gasteiger partial charge in [0.25, 0.3) is 5.79 Å². The molecule has 1 rings (SSSR count). The summed E-state index contributed by atoms with van der Waals surface area (Å²) in [7, 11) is 0. The quantitative estimate of drug-likeness (QED) is 0.348. The summed E-state index contributed by atoms with van der Waals surface area (Å²) in [6, 6.07) is 0. The molecule has 0 aromatic heterocycles. The zero-order valence-corrected chi connectivity index (χ0v) is 5.87. The van der Waals surface area contributed by atoms with Gasteiger partial charge in [-0.3, -0.25) is 0 Å². The summed E-state index contributed by atoms with van der Waals surface area (Å²) < 4.78 is 4.55. The summed E-state index contributed by atoms with van der Waals surface area (Å²) in [6.45, 7) is 3.17. The van der Waals surface area contributed by atoms with E-state index in [0.717, 1.165) is 0 Å². The maximum absolute atomic E-state index is 10.6. The Balaban J connectivity index is 2.85. The molecule has 0 aromatic rings. The molecule has 0 bridgehead atoms. The molecule has 0 amide bonds. The highest BCUT2D eigenvalue weighted by atomic mass is 16.6. The van der Waals surface area contributed by atoms with Gasteiger partial charge in [0.05, 0.1) is 5.92 Å². The average molecular weight is 146 g/mol. The smallest absolute Gasteiger partial charge is 0.367 e. The molecule has 4 nitrogen and oxygen atoms in total. The van der Waals surface area contributed by atoms with Crippen molar-refractivity contribution < 1.29 is 19.7 Å². The van der Waals surface area contributed by atoms with Crippen molar-refractivity contribution in [1.29, 1.82) is 0 Å². The van der Waals surface area contributed by atoms with E-state index in [9.17, 15) is 4.79 Å². The molecular formula is C6H10O4. The second-order valence-corrected chi connectivity index (χ2v) is 2.63. The Morgan fingerprint density at radius 1 is 1.50 bits per heavy atom. The van der Waals surface area contributed by atoms with Crippen LogP contribution in [0.2, 0.25) is 0 Å². The highest BCUT2D eigenvalue weighted by Gasteiger charge is 2.51. The maximum atomic E-state index is 10.6. The zero-order chi connectivity index (χ0) is 7.94. The van der Waals surface area contributed by atoms with Crippen LogP contribution in [0.4, 0.5) is 0 Å². The summed E-state index contributed by atoms with van der Waals surface area (Å²) in [5, 5.41) is 18.0. The molecule has 1 fully saturated rings. The fraction of sp³-hybridized carbons (Fsp3) is 0.833. The van der Waals surface area contributed by atoms with Gasteiger partial charge in [-0.2, -0.15) is 0 Å². The average Bonchev–Trinajstić information content (AvgIpc) is 1.97. The van der Waals surface area contributed by atoms with Gasteiger partial charge in [0.15, 0.2) is 0 Å². The highest BCUT2D eigenvalue weighted by molar-refractivity contribution is 5.79. The molecule has 0 radical (unpaired) electrons. The molecule has 1 aliphatic rings. The zero-order valence-electron chi connectivity index (χ0n) is 5.87. The summed E-state index contributed by atoms with van der Waals surface area (Å²) in [4.78, 5) is 10.6. The third-order valence-corrected chi connectivity index (χ3v) is 1.93. The standard InChI is InChI=1S/C6H10O4/c1-3-4(2)10-5(7)6(3,8)9/h3-4,8-9H,1-2H3. The number of esters is 1. The van der Waals surface area contributed by atoms with Crippen LogP contribution < -0.4 is 0 Å². The topological polar surface area (TPSA) is 66.8 Å². The Bertz CT molecular complexity index is 163. The first-order valence-corrected chi connectivity index (χ1v) is 3.12. The highest BCUT2D eigenvalue weighted by Crippen LogP contribution is 2.28. The van der Waals surface area contributed by atoms with E-state index in [1.54, 1.807) is 13.8 Å². The van der Waals surface area contributed by atoms with Crippen molar-refractivity contribution in [2.75, 3.05) is 0 Å². The molecule has 1 aliphatic heterocycles. The van der Waals surface area contributed by atoms with E-state index in [-0.39, 0.29) is 0 Å². The second-order valence-electron chi connectivity index (χ2n) is 2.63. The van der Waals surface area contributed by atoms with Crippen molar-refractivity contribution in [2.45, 2.75) is 25.7 Å². The molecule has 0 spiro atoms. The molecular weight excluding hydrogens is 136 g/mol. The monoisotopic (exact) mass is 146 g/mol. The van der Waals surface area contributed by atoms with Crippen LogP contribution in [-0.2, 0) is 9.53 Å². The molecule has 0 aliphatic carbocycles. The van der Waals surface area contributed by atoms with Crippen LogP contribution in [0.5, 0.6) is 0 Å².